The zero-order valence-electron chi connectivity index (χ0n) is 44.9. The molecule has 0 aromatic heterocycles. The van der Waals surface area contributed by atoms with Crippen LogP contribution >= 0.6 is 0 Å². The molecule has 0 bridgehead atoms. The third-order valence-electron chi connectivity index (χ3n) is 13.9. The number of rotatable bonds is 29. The molecular formula is C56H73N5O15S. The number of alkyl carbamates (subject to hydrolysis) is 1. The topological polar surface area (TPSA) is 271 Å². The van der Waals surface area contributed by atoms with Gasteiger partial charge in [0, 0.05) is 49.6 Å². The third kappa shape index (κ3) is 16.0. The van der Waals surface area contributed by atoms with Crippen molar-refractivity contribution >= 4 is 45.4 Å². The number of sulfonamides is 1. The van der Waals surface area contributed by atoms with Crippen LogP contribution in [-0.4, -0.2) is 134 Å². The zero-order valence-corrected chi connectivity index (χ0v) is 45.7. The van der Waals surface area contributed by atoms with Gasteiger partial charge in [0.05, 0.1) is 42.8 Å². The molecule has 0 aliphatic carbocycles. The first-order valence-corrected chi connectivity index (χ1v) is 27.2. The molecule has 3 amide bonds. The summed E-state index contributed by atoms with van der Waals surface area (Å²) in [4.78, 5) is 79.7. The van der Waals surface area contributed by atoms with E-state index in [-0.39, 0.29) is 74.2 Å². The van der Waals surface area contributed by atoms with E-state index in [1.54, 1.807) is 95.3 Å². The third-order valence-corrected chi connectivity index (χ3v) is 15.8. The van der Waals surface area contributed by atoms with Crippen molar-refractivity contribution in [3.63, 3.8) is 0 Å². The molecule has 77 heavy (non-hydrogen) atoms. The summed E-state index contributed by atoms with van der Waals surface area (Å²) >= 11 is 0. The number of aliphatic hydroxyl groups is 1. The van der Waals surface area contributed by atoms with E-state index >= 15 is 0 Å². The number of nitro benzene ring substituents is 1. The number of aliphatic hydroxyl groups excluding tert-OH is 1. The number of aliphatic carboxylic acids is 1. The van der Waals surface area contributed by atoms with Crippen LogP contribution in [0.4, 0.5) is 10.5 Å². The summed E-state index contributed by atoms with van der Waals surface area (Å²) in [6.07, 6.45) is 0.0664. The number of carboxylic acids is 1. The number of nitro groups is 1. The van der Waals surface area contributed by atoms with Gasteiger partial charge in [0.25, 0.3) is 17.5 Å². The van der Waals surface area contributed by atoms with Crippen molar-refractivity contribution in [2.24, 2.45) is 11.3 Å². The Balaban J connectivity index is 1.24. The molecule has 0 unspecified atom stereocenters. The minimum atomic E-state index is -4.24. The van der Waals surface area contributed by atoms with Gasteiger partial charge in [-0.1, -0.05) is 83.1 Å². The molecule has 4 N–H and O–H groups in total. The molecule has 1 aliphatic heterocycles. The number of ketones is 1. The molecule has 0 spiro atoms. The summed E-state index contributed by atoms with van der Waals surface area (Å²) < 4.78 is 51.0. The standard InChI is InChI=1S/C56H73N5O15S/c1-8-55(4,5)51(64)52(65)60-30-13-12-28-56(60,53(66)67)45(26-20-40-21-27-48(73-6)49(33-40)74-7)41-18-14-19-43(34-41)76-37-50(63)57-29-15-31-75-54(68)58-46(32-39-16-10-9-11-17-39)47(62)36-59(35-38(2)3)77(71,72)44-24-22-42(23-25-44)61(69)70/h9-11,14,16-19,21-25,27,33-34,38,45-47,62H,8,12-13,15,20,26,28-32,35-37H2,1-7H3,(H,57,63)(H,58,68)(H,66,67)/t45-,46+,47-,56+/m1/s1. The average molecular weight is 1090 g/mol. The summed E-state index contributed by atoms with van der Waals surface area (Å²) in [7, 11) is -1.20. The highest BCUT2D eigenvalue weighted by atomic mass is 32.2. The largest absolute Gasteiger partial charge is 0.493 e. The van der Waals surface area contributed by atoms with E-state index in [2.05, 4.69) is 10.6 Å². The molecule has 21 heteroatoms. The molecule has 4 atom stereocenters. The Bertz CT molecular complexity index is 2780. The summed E-state index contributed by atoms with van der Waals surface area (Å²) in [6, 6.07) is 24.5. The Labute approximate surface area is 450 Å². The van der Waals surface area contributed by atoms with Crippen LogP contribution in [0.5, 0.6) is 17.2 Å². The Morgan fingerprint density at radius 1 is 0.896 bits per heavy atom. The van der Waals surface area contributed by atoms with Gasteiger partial charge in [-0.2, -0.15) is 4.31 Å². The molecule has 418 valence electrons. The molecule has 1 saturated heterocycles. The van der Waals surface area contributed by atoms with Crippen LogP contribution in [0.3, 0.4) is 0 Å². The number of carbonyl (C=O) groups excluding carboxylic acids is 4. The van der Waals surface area contributed by atoms with Gasteiger partial charge in [-0.05, 0) is 110 Å². The second-order valence-electron chi connectivity index (χ2n) is 20.2. The molecule has 5 rings (SSSR count). The van der Waals surface area contributed by atoms with Crippen molar-refractivity contribution < 1.29 is 66.5 Å². The maximum absolute atomic E-state index is 14.2. The second-order valence-corrected chi connectivity index (χ2v) is 22.1. The van der Waals surface area contributed by atoms with Crippen LogP contribution in [0, 0.1) is 21.4 Å². The number of hydrogen-bond donors (Lipinski definition) is 4. The quantitative estimate of drug-likeness (QED) is 0.0183. The average Bonchev–Trinajstić information content (AvgIpc) is 3.44. The van der Waals surface area contributed by atoms with Crippen molar-refractivity contribution in [1.82, 2.24) is 19.8 Å². The fourth-order valence-electron chi connectivity index (χ4n) is 9.35. The van der Waals surface area contributed by atoms with Crippen molar-refractivity contribution in [3.8, 4) is 17.2 Å². The number of benzene rings is 4. The molecule has 1 fully saturated rings. The Morgan fingerprint density at radius 3 is 2.23 bits per heavy atom. The highest BCUT2D eigenvalue weighted by Crippen LogP contribution is 2.45. The van der Waals surface area contributed by atoms with Crippen LogP contribution < -0.4 is 24.8 Å². The summed E-state index contributed by atoms with van der Waals surface area (Å²) in [5.41, 5.74) is -1.01. The molecule has 1 heterocycles. The van der Waals surface area contributed by atoms with E-state index in [0.29, 0.717) is 42.7 Å². The molecule has 20 nitrogen and oxygen atoms in total. The Hall–Kier alpha value is -7.10. The predicted octanol–water partition coefficient (Wildman–Crippen LogP) is 7.10. The number of aryl methyl sites for hydroxylation is 1. The summed E-state index contributed by atoms with van der Waals surface area (Å²) in [5.74, 6) is -2.98. The lowest BCUT2D eigenvalue weighted by atomic mass is 9.69. The number of carbonyl (C=O) groups is 5. The normalized spacial score (nSPS) is 15.9. The van der Waals surface area contributed by atoms with Crippen LogP contribution in [0.15, 0.2) is 102 Å². The summed E-state index contributed by atoms with van der Waals surface area (Å²) in [6.45, 7) is 7.92. The summed E-state index contributed by atoms with van der Waals surface area (Å²) in [5, 5.41) is 39.4. The lowest BCUT2D eigenvalue weighted by Gasteiger charge is -2.49. The molecule has 4 aromatic carbocycles. The molecule has 0 saturated carbocycles. The highest BCUT2D eigenvalue weighted by molar-refractivity contribution is 7.89. The minimum Gasteiger partial charge on any atom is -0.493 e. The monoisotopic (exact) mass is 1090 g/mol. The van der Waals surface area contributed by atoms with Gasteiger partial charge in [-0.25, -0.2) is 18.0 Å². The number of nitrogens with zero attached hydrogens (tertiary/aromatic N) is 3. The van der Waals surface area contributed by atoms with Crippen molar-refractivity contribution in [1.29, 1.82) is 0 Å². The Morgan fingerprint density at radius 2 is 1.60 bits per heavy atom. The fourth-order valence-corrected chi connectivity index (χ4v) is 11.0. The van der Waals surface area contributed by atoms with Gasteiger partial charge < -0.3 is 44.7 Å². The predicted molar refractivity (Wildman–Crippen MR) is 286 cm³/mol. The second kappa shape index (κ2) is 27.8. The van der Waals surface area contributed by atoms with E-state index in [0.717, 1.165) is 39.7 Å². The number of piperidine rings is 1. The van der Waals surface area contributed by atoms with Crippen LogP contribution in [0.2, 0.25) is 0 Å². The van der Waals surface area contributed by atoms with Crippen molar-refractivity contribution in [2.45, 2.75) is 114 Å². The molecule has 4 aromatic rings. The SMILES string of the molecule is CCC(C)(C)C(=O)C(=O)N1CCCC[C@@]1(C(=O)O)[C@H](CCc1ccc(OC)c(OC)c1)c1cccc(OCC(=O)NCCCOC(=O)N[C@@H](Cc2ccccc2)[C@H](O)CN(CC(C)C)S(=O)(=O)c2ccc([N+](=O)[O-])cc2)c1. The number of ether oxygens (including phenoxy) is 4. The molecular weight excluding hydrogens is 1010 g/mol. The smallest absolute Gasteiger partial charge is 0.407 e. The van der Waals surface area contributed by atoms with E-state index in [9.17, 15) is 52.7 Å². The van der Waals surface area contributed by atoms with Gasteiger partial charge in [-0.15, -0.1) is 0 Å². The van der Waals surface area contributed by atoms with Gasteiger partial charge in [-0.3, -0.25) is 24.5 Å². The molecule has 1 aliphatic rings. The number of non-ortho nitro benzene ring substituents is 1. The van der Waals surface area contributed by atoms with Gasteiger partial charge >= 0.3 is 12.1 Å². The van der Waals surface area contributed by atoms with E-state index < -0.39 is 86.8 Å². The number of methoxy groups -OCH3 is 2. The molecule has 0 radical (unpaired) electrons. The van der Waals surface area contributed by atoms with Gasteiger partial charge in [0.15, 0.2) is 18.1 Å². The number of hydrogen-bond acceptors (Lipinski definition) is 14. The van der Waals surface area contributed by atoms with Crippen LogP contribution in [0.25, 0.3) is 0 Å². The first-order valence-electron chi connectivity index (χ1n) is 25.8. The number of nitrogens with one attached hydrogen (secondary N) is 2. The number of carboxylic acid groups (broad SMARTS) is 1. The number of amides is 3. The zero-order chi connectivity index (χ0) is 56.5. The minimum absolute atomic E-state index is 0.00273. The number of Topliss-reactive ketones (excluding diaryl/α,β-unsaturated/α-hetero) is 1. The Kier molecular flexibility index (Phi) is 21.9. The van der Waals surface area contributed by atoms with Crippen molar-refractivity contribution in [3.05, 3.63) is 124 Å². The maximum Gasteiger partial charge on any atom is 0.407 e. The van der Waals surface area contributed by atoms with Crippen molar-refractivity contribution in [2.75, 3.05) is 53.6 Å². The fraction of sp³-hybridized carbons (Fsp3) is 0.482. The van der Waals surface area contributed by atoms with Crippen LogP contribution in [0.1, 0.15) is 95.8 Å². The first-order chi connectivity index (χ1) is 36.6. The van der Waals surface area contributed by atoms with Crippen LogP contribution in [-0.2, 0) is 46.8 Å². The van der Waals surface area contributed by atoms with E-state index in [4.69, 9.17) is 18.9 Å². The lowest BCUT2D eigenvalue weighted by Crippen LogP contribution is -2.64. The number of likely N-dealkylation sites (tertiary alicyclic amines) is 1. The van der Waals surface area contributed by atoms with Gasteiger partial charge in [0.2, 0.25) is 15.8 Å². The van der Waals surface area contributed by atoms with Gasteiger partial charge in [0.1, 0.15) is 11.3 Å². The van der Waals surface area contributed by atoms with E-state index in [1.807, 2.05) is 12.1 Å². The maximum atomic E-state index is 14.2. The van der Waals surface area contributed by atoms with E-state index in [1.165, 1.54) is 19.1 Å². The first kappa shape index (κ1) is 60.8. The highest BCUT2D eigenvalue weighted by Gasteiger charge is 2.55. The lowest BCUT2D eigenvalue weighted by molar-refractivity contribution is -0.384.